The van der Waals surface area contributed by atoms with Crippen LogP contribution in [0.15, 0.2) is 45.3 Å². The molecule has 0 spiro atoms. The fraction of sp³-hybridized carbons (Fsp3) is 0.294. The number of nitrogens with two attached hydrogens (primary N) is 1. The molecule has 0 saturated carbocycles. The molecule has 2 nitrogen and oxygen atoms in total. The molecule has 21 heavy (non-hydrogen) atoms. The van der Waals surface area contributed by atoms with Crippen LogP contribution >= 0.6 is 31.9 Å². The Morgan fingerprint density at radius 1 is 1.14 bits per heavy atom. The van der Waals surface area contributed by atoms with Gasteiger partial charge in [0, 0.05) is 5.92 Å². The van der Waals surface area contributed by atoms with Gasteiger partial charge in [-0.3, -0.25) is 0 Å². The van der Waals surface area contributed by atoms with Crippen LogP contribution in [0.5, 0.6) is 5.75 Å². The predicted octanol–water partition coefficient (Wildman–Crippen LogP) is 4.43. The van der Waals surface area contributed by atoms with Crippen molar-refractivity contribution in [2.75, 3.05) is 13.2 Å². The first kappa shape index (κ1) is 15.1. The molecule has 0 saturated heterocycles. The van der Waals surface area contributed by atoms with Crippen molar-refractivity contribution in [1.82, 2.24) is 0 Å². The van der Waals surface area contributed by atoms with E-state index < -0.39 is 0 Å². The zero-order valence-corrected chi connectivity index (χ0v) is 14.8. The van der Waals surface area contributed by atoms with Gasteiger partial charge in [-0.2, -0.15) is 0 Å². The molecular formula is C17H17Br2NO. The van der Waals surface area contributed by atoms with Crippen LogP contribution in [0.1, 0.15) is 22.6 Å². The van der Waals surface area contributed by atoms with Crippen molar-refractivity contribution in [3.8, 4) is 5.75 Å². The molecule has 4 heteroatoms. The van der Waals surface area contributed by atoms with Gasteiger partial charge in [0.2, 0.25) is 0 Å². The highest BCUT2D eigenvalue weighted by molar-refractivity contribution is 9.11. The molecule has 2 N–H and O–H groups in total. The number of benzene rings is 2. The number of hydrogen-bond acceptors (Lipinski definition) is 2. The van der Waals surface area contributed by atoms with Crippen LogP contribution in [0, 0.1) is 0 Å². The minimum Gasteiger partial charge on any atom is -0.491 e. The van der Waals surface area contributed by atoms with Crippen LogP contribution in [-0.4, -0.2) is 13.2 Å². The first-order valence-corrected chi connectivity index (χ1v) is 8.66. The van der Waals surface area contributed by atoms with Gasteiger partial charge in [-0.25, -0.2) is 0 Å². The summed E-state index contributed by atoms with van der Waals surface area (Å²) < 4.78 is 8.00. The topological polar surface area (TPSA) is 35.2 Å². The molecule has 2 aromatic rings. The average molecular weight is 411 g/mol. The largest absolute Gasteiger partial charge is 0.491 e. The molecule has 1 aliphatic rings. The van der Waals surface area contributed by atoms with Crippen LogP contribution in [0.4, 0.5) is 0 Å². The molecular weight excluding hydrogens is 394 g/mol. The highest BCUT2D eigenvalue weighted by Crippen LogP contribution is 2.38. The van der Waals surface area contributed by atoms with E-state index >= 15 is 0 Å². The van der Waals surface area contributed by atoms with Crippen LogP contribution in [-0.2, 0) is 12.8 Å². The molecule has 2 aromatic carbocycles. The van der Waals surface area contributed by atoms with E-state index in [1.807, 2.05) is 0 Å². The maximum atomic E-state index is 6.04. The van der Waals surface area contributed by atoms with E-state index in [4.69, 9.17) is 10.5 Å². The summed E-state index contributed by atoms with van der Waals surface area (Å²) in [4.78, 5) is 0. The summed E-state index contributed by atoms with van der Waals surface area (Å²) in [5.74, 6) is 1.38. The number of rotatable bonds is 5. The molecule has 110 valence electrons. The SMILES string of the molecule is NCCc1cc(Br)c(OCC2Cc3ccccc32)c(Br)c1. The fourth-order valence-electron chi connectivity index (χ4n) is 2.76. The molecule has 0 heterocycles. The number of fused-ring (bicyclic) bond motifs is 1. The molecule has 1 atom stereocenters. The number of hydrogen-bond donors (Lipinski definition) is 1. The van der Waals surface area contributed by atoms with Gasteiger partial charge in [0.05, 0.1) is 15.6 Å². The summed E-state index contributed by atoms with van der Waals surface area (Å²) >= 11 is 7.19. The van der Waals surface area contributed by atoms with Crippen molar-refractivity contribution in [2.24, 2.45) is 5.73 Å². The summed E-state index contributed by atoms with van der Waals surface area (Å²) in [6.07, 6.45) is 1.98. The van der Waals surface area contributed by atoms with Crippen LogP contribution < -0.4 is 10.5 Å². The number of ether oxygens (including phenoxy) is 1. The monoisotopic (exact) mass is 409 g/mol. The molecule has 0 amide bonds. The van der Waals surface area contributed by atoms with Crippen molar-refractivity contribution in [2.45, 2.75) is 18.8 Å². The molecule has 3 rings (SSSR count). The van der Waals surface area contributed by atoms with E-state index in [0.29, 0.717) is 19.1 Å². The highest BCUT2D eigenvalue weighted by atomic mass is 79.9. The highest BCUT2D eigenvalue weighted by Gasteiger charge is 2.26. The van der Waals surface area contributed by atoms with E-state index in [0.717, 1.165) is 27.5 Å². The zero-order chi connectivity index (χ0) is 14.8. The quantitative estimate of drug-likeness (QED) is 0.791. The van der Waals surface area contributed by atoms with Gasteiger partial charge in [0.1, 0.15) is 5.75 Å². The molecule has 0 aliphatic heterocycles. The Morgan fingerprint density at radius 2 is 1.86 bits per heavy atom. The third kappa shape index (κ3) is 3.17. The normalized spacial score (nSPS) is 16.2. The Labute approximate surface area is 141 Å². The Balaban J connectivity index is 1.69. The molecule has 0 aromatic heterocycles. The van der Waals surface area contributed by atoms with E-state index in [9.17, 15) is 0 Å². The van der Waals surface area contributed by atoms with Gasteiger partial charge >= 0.3 is 0 Å². The van der Waals surface area contributed by atoms with Gasteiger partial charge in [0.15, 0.2) is 0 Å². The van der Waals surface area contributed by atoms with Crippen molar-refractivity contribution in [1.29, 1.82) is 0 Å². The number of halogens is 2. The first-order chi connectivity index (χ1) is 10.2. The average Bonchev–Trinajstić information content (AvgIpc) is 2.42. The standard InChI is InChI=1S/C17H17Br2NO/c18-15-7-11(5-6-20)8-16(19)17(15)21-10-13-9-12-3-1-2-4-14(12)13/h1-4,7-8,13H,5-6,9-10,20H2. The molecule has 0 fully saturated rings. The summed E-state index contributed by atoms with van der Waals surface area (Å²) in [7, 11) is 0. The lowest BCUT2D eigenvalue weighted by atomic mass is 9.78. The molecule has 1 aliphatic carbocycles. The second-order valence-electron chi connectivity index (χ2n) is 5.34. The summed E-state index contributed by atoms with van der Waals surface area (Å²) in [6.45, 7) is 1.36. The molecule has 0 radical (unpaired) electrons. The summed E-state index contributed by atoms with van der Waals surface area (Å²) in [5, 5.41) is 0. The molecule has 1 unspecified atom stereocenters. The Hall–Kier alpha value is -0.840. The van der Waals surface area contributed by atoms with Crippen LogP contribution in [0.3, 0.4) is 0 Å². The lowest BCUT2D eigenvalue weighted by Gasteiger charge is -2.30. The van der Waals surface area contributed by atoms with E-state index in [2.05, 4.69) is 68.3 Å². The summed E-state index contributed by atoms with van der Waals surface area (Å²) in [5.41, 5.74) is 9.68. The van der Waals surface area contributed by atoms with Gasteiger partial charge in [-0.1, -0.05) is 24.3 Å². The van der Waals surface area contributed by atoms with Gasteiger partial charge in [-0.15, -0.1) is 0 Å². The third-order valence-corrected chi connectivity index (χ3v) is 5.06. The lowest BCUT2D eigenvalue weighted by molar-refractivity contribution is 0.272. The van der Waals surface area contributed by atoms with Crippen LogP contribution in [0.2, 0.25) is 0 Å². The van der Waals surface area contributed by atoms with Crippen molar-refractivity contribution >= 4 is 31.9 Å². The van der Waals surface area contributed by atoms with Gasteiger partial charge < -0.3 is 10.5 Å². The maximum absolute atomic E-state index is 6.04. The maximum Gasteiger partial charge on any atom is 0.147 e. The Kier molecular flexibility index (Phi) is 4.67. The molecule has 0 bridgehead atoms. The van der Waals surface area contributed by atoms with Crippen molar-refractivity contribution < 1.29 is 4.74 Å². The van der Waals surface area contributed by atoms with Crippen LogP contribution in [0.25, 0.3) is 0 Å². The Morgan fingerprint density at radius 3 is 2.52 bits per heavy atom. The second-order valence-corrected chi connectivity index (χ2v) is 7.05. The van der Waals surface area contributed by atoms with Gasteiger partial charge in [-0.05, 0) is 80.1 Å². The van der Waals surface area contributed by atoms with Gasteiger partial charge in [0.25, 0.3) is 0 Å². The third-order valence-electron chi connectivity index (χ3n) is 3.88. The van der Waals surface area contributed by atoms with E-state index in [1.165, 1.54) is 16.7 Å². The zero-order valence-electron chi connectivity index (χ0n) is 11.6. The minimum atomic E-state index is 0.503. The first-order valence-electron chi connectivity index (χ1n) is 7.07. The van der Waals surface area contributed by atoms with E-state index in [-0.39, 0.29) is 0 Å². The van der Waals surface area contributed by atoms with Crippen molar-refractivity contribution in [3.63, 3.8) is 0 Å². The minimum absolute atomic E-state index is 0.503. The summed E-state index contributed by atoms with van der Waals surface area (Å²) in [6, 6.07) is 12.8. The Bertz CT molecular complexity index is 634. The van der Waals surface area contributed by atoms with Crippen molar-refractivity contribution in [3.05, 3.63) is 62.0 Å². The van der Waals surface area contributed by atoms with E-state index in [1.54, 1.807) is 0 Å². The predicted molar refractivity (Wildman–Crippen MR) is 93.0 cm³/mol. The fourth-order valence-corrected chi connectivity index (χ4v) is 4.27. The lowest BCUT2D eigenvalue weighted by Crippen LogP contribution is -2.23. The second kappa shape index (κ2) is 6.51. The smallest absolute Gasteiger partial charge is 0.147 e.